The lowest BCUT2D eigenvalue weighted by atomic mass is 10.0. The van der Waals surface area contributed by atoms with Crippen LogP contribution in [0.2, 0.25) is 0 Å². The van der Waals surface area contributed by atoms with E-state index < -0.39 is 6.10 Å². The van der Waals surface area contributed by atoms with E-state index in [2.05, 4.69) is 38.2 Å². The fourth-order valence-corrected chi connectivity index (χ4v) is 7.99. The Labute approximate surface area is 368 Å². The largest absolute Gasteiger partial charge is 0.462 e. The smallest absolute Gasteiger partial charge is 0.306 e. The summed E-state index contributed by atoms with van der Waals surface area (Å²) in [5, 5.41) is 9.60. The van der Waals surface area contributed by atoms with Crippen molar-refractivity contribution in [3.05, 3.63) is 24.3 Å². The second-order valence-electron chi connectivity index (χ2n) is 18.0. The number of hydrogen-bond donors (Lipinski definition) is 1. The lowest BCUT2D eigenvalue weighted by molar-refractivity contribution is -0.161. The van der Waals surface area contributed by atoms with E-state index >= 15 is 0 Å². The zero-order valence-corrected chi connectivity index (χ0v) is 39.8. The average Bonchev–Trinajstić information content (AvgIpc) is 3.24. The number of aliphatic hydroxyl groups excluding tert-OH is 1. The lowest BCUT2D eigenvalue weighted by Gasteiger charge is -2.15. The van der Waals surface area contributed by atoms with E-state index in [9.17, 15) is 14.7 Å². The number of aliphatic hydroxyl groups is 1. The number of esters is 2. The summed E-state index contributed by atoms with van der Waals surface area (Å²) in [5.41, 5.74) is 0. The number of ether oxygens (including phenoxy) is 2. The van der Waals surface area contributed by atoms with Crippen LogP contribution in [0.3, 0.4) is 0 Å². The van der Waals surface area contributed by atoms with Crippen LogP contribution in [0.1, 0.15) is 290 Å². The van der Waals surface area contributed by atoms with Crippen LogP contribution in [0.5, 0.6) is 0 Å². The molecule has 0 radical (unpaired) electrons. The summed E-state index contributed by atoms with van der Waals surface area (Å²) in [4.78, 5) is 24.4. The van der Waals surface area contributed by atoms with Crippen LogP contribution >= 0.6 is 0 Å². The molecule has 1 unspecified atom stereocenters. The van der Waals surface area contributed by atoms with Gasteiger partial charge in [-0.1, -0.05) is 263 Å². The predicted octanol–water partition coefficient (Wildman–Crippen LogP) is 17.4. The summed E-state index contributed by atoms with van der Waals surface area (Å²) >= 11 is 0. The summed E-state index contributed by atoms with van der Waals surface area (Å²) in [5.74, 6) is -0.593. The van der Waals surface area contributed by atoms with E-state index in [1.165, 1.54) is 212 Å². The normalized spacial score (nSPS) is 12.3. The van der Waals surface area contributed by atoms with Crippen molar-refractivity contribution in [2.24, 2.45) is 0 Å². The fourth-order valence-electron chi connectivity index (χ4n) is 7.99. The molecule has 0 aliphatic carbocycles. The van der Waals surface area contributed by atoms with Crippen LogP contribution in [0.25, 0.3) is 0 Å². The van der Waals surface area contributed by atoms with Crippen molar-refractivity contribution in [3.8, 4) is 0 Å². The summed E-state index contributed by atoms with van der Waals surface area (Å²) < 4.78 is 10.7. The molecule has 0 spiro atoms. The molecule has 0 saturated carbocycles. The van der Waals surface area contributed by atoms with Crippen LogP contribution in [0.15, 0.2) is 24.3 Å². The summed E-state index contributed by atoms with van der Waals surface area (Å²) in [6.45, 7) is 4.12. The van der Waals surface area contributed by atoms with Crippen molar-refractivity contribution in [2.45, 2.75) is 296 Å². The van der Waals surface area contributed by atoms with Gasteiger partial charge >= 0.3 is 11.9 Å². The predicted molar refractivity (Wildman–Crippen MR) is 256 cm³/mol. The molecule has 1 N–H and O–H groups in total. The first-order valence-corrected chi connectivity index (χ1v) is 26.4. The minimum absolute atomic E-state index is 0.0667. The van der Waals surface area contributed by atoms with Gasteiger partial charge in [0.1, 0.15) is 6.61 Å². The minimum atomic E-state index is -0.775. The molecule has 348 valence electrons. The van der Waals surface area contributed by atoms with Gasteiger partial charge in [0.05, 0.1) is 6.61 Å². The van der Waals surface area contributed by atoms with Gasteiger partial charge in [0.25, 0.3) is 0 Å². The van der Waals surface area contributed by atoms with Gasteiger partial charge in [-0.25, -0.2) is 0 Å². The molecule has 0 fully saturated rings. The maximum atomic E-state index is 12.2. The Balaban J connectivity index is 3.39. The zero-order chi connectivity index (χ0) is 42.8. The van der Waals surface area contributed by atoms with Crippen molar-refractivity contribution >= 4 is 11.9 Å². The fraction of sp³-hybridized carbons (Fsp3) is 0.889. The molecular formula is C54H102O5. The molecule has 5 heteroatoms. The zero-order valence-electron chi connectivity index (χ0n) is 39.8. The molecule has 0 bridgehead atoms. The quantitative estimate of drug-likeness (QED) is 0.0376. The van der Waals surface area contributed by atoms with Gasteiger partial charge in [0.2, 0.25) is 0 Å². The number of carbonyl (C=O) groups excluding carboxylic acids is 2. The van der Waals surface area contributed by atoms with Gasteiger partial charge in [-0.05, 0) is 38.5 Å². The lowest BCUT2D eigenvalue weighted by Crippen LogP contribution is -2.28. The molecule has 0 rings (SSSR count). The number of rotatable bonds is 49. The van der Waals surface area contributed by atoms with Crippen molar-refractivity contribution < 1.29 is 24.2 Å². The van der Waals surface area contributed by atoms with Gasteiger partial charge in [-0.2, -0.15) is 0 Å². The van der Waals surface area contributed by atoms with E-state index in [4.69, 9.17) is 9.47 Å². The monoisotopic (exact) mass is 831 g/mol. The van der Waals surface area contributed by atoms with Gasteiger partial charge in [-0.15, -0.1) is 0 Å². The molecule has 0 aromatic heterocycles. The molecule has 0 aromatic carbocycles. The van der Waals surface area contributed by atoms with E-state index in [0.29, 0.717) is 12.8 Å². The molecule has 0 heterocycles. The molecule has 5 nitrogen and oxygen atoms in total. The Kier molecular flexibility index (Phi) is 49.3. The van der Waals surface area contributed by atoms with E-state index in [0.717, 1.165) is 51.4 Å². The number of hydrogen-bond acceptors (Lipinski definition) is 5. The maximum absolute atomic E-state index is 12.2. The highest BCUT2D eigenvalue weighted by Gasteiger charge is 2.16. The Morgan fingerprint density at radius 2 is 0.695 bits per heavy atom. The first kappa shape index (κ1) is 57.4. The Bertz CT molecular complexity index is 897. The Morgan fingerprint density at radius 1 is 0.390 bits per heavy atom. The molecule has 0 aromatic rings. The Morgan fingerprint density at radius 3 is 1.05 bits per heavy atom. The van der Waals surface area contributed by atoms with Crippen LogP contribution in [-0.2, 0) is 19.1 Å². The standard InChI is InChI=1S/C54H102O5/c1-3-5-7-9-11-13-15-17-19-20-21-22-23-24-25-26-27-28-29-30-31-32-33-34-35-37-38-40-42-44-46-48-53(56)58-51-52(50-55)59-54(57)49-47-45-43-41-39-36-18-16-14-12-10-8-6-4-2/h10,12,16,18,52,55H,3-9,11,13-15,17,19-51H2,1-2H3/b12-10-,18-16-. The third kappa shape index (κ3) is 48.9. The van der Waals surface area contributed by atoms with E-state index in [-0.39, 0.29) is 25.2 Å². The molecule has 0 amide bonds. The highest BCUT2D eigenvalue weighted by Crippen LogP contribution is 2.17. The van der Waals surface area contributed by atoms with Gasteiger partial charge < -0.3 is 14.6 Å². The van der Waals surface area contributed by atoms with Crippen LogP contribution in [0, 0.1) is 0 Å². The summed E-state index contributed by atoms with van der Waals surface area (Å²) in [6, 6.07) is 0. The molecule has 0 saturated heterocycles. The highest BCUT2D eigenvalue weighted by molar-refractivity contribution is 5.70. The topological polar surface area (TPSA) is 72.8 Å². The van der Waals surface area contributed by atoms with E-state index in [1.54, 1.807) is 0 Å². The van der Waals surface area contributed by atoms with Crippen molar-refractivity contribution in [2.75, 3.05) is 13.2 Å². The third-order valence-electron chi connectivity index (χ3n) is 12.0. The van der Waals surface area contributed by atoms with Crippen molar-refractivity contribution in [1.82, 2.24) is 0 Å². The van der Waals surface area contributed by atoms with E-state index in [1.807, 2.05) is 0 Å². The van der Waals surface area contributed by atoms with Gasteiger partial charge in [0, 0.05) is 12.8 Å². The first-order chi connectivity index (χ1) is 29.1. The second-order valence-corrected chi connectivity index (χ2v) is 18.0. The number of allylic oxidation sites excluding steroid dienone is 4. The highest BCUT2D eigenvalue weighted by atomic mass is 16.6. The van der Waals surface area contributed by atoms with Crippen LogP contribution < -0.4 is 0 Å². The number of carbonyl (C=O) groups is 2. The molecule has 0 aliphatic heterocycles. The van der Waals surface area contributed by atoms with Gasteiger partial charge in [-0.3, -0.25) is 9.59 Å². The molecule has 1 atom stereocenters. The average molecular weight is 831 g/mol. The summed E-state index contributed by atoms with van der Waals surface area (Å²) in [6.07, 6.45) is 63.0. The first-order valence-electron chi connectivity index (χ1n) is 26.4. The third-order valence-corrected chi connectivity index (χ3v) is 12.0. The summed E-state index contributed by atoms with van der Waals surface area (Å²) in [7, 11) is 0. The van der Waals surface area contributed by atoms with Crippen LogP contribution in [0.4, 0.5) is 0 Å². The maximum Gasteiger partial charge on any atom is 0.306 e. The van der Waals surface area contributed by atoms with Crippen molar-refractivity contribution in [1.29, 1.82) is 0 Å². The SMILES string of the molecule is CCCC/C=C\C/C=C\CCCCCCCC(=O)OC(CO)COC(=O)CCCCCCCCCCCCCCCCCCCCCCCCCCCCCCCCC. The Hall–Kier alpha value is -1.62. The second kappa shape index (κ2) is 50.7. The van der Waals surface area contributed by atoms with Gasteiger partial charge in [0.15, 0.2) is 6.10 Å². The number of unbranched alkanes of at least 4 members (excludes halogenated alkanes) is 37. The minimum Gasteiger partial charge on any atom is -0.462 e. The van der Waals surface area contributed by atoms with Crippen LogP contribution in [-0.4, -0.2) is 36.4 Å². The molecular weight excluding hydrogens is 729 g/mol. The molecule has 59 heavy (non-hydrogen) atoms. The molecule has 0 aliphatic rings. The van der Waals surface area contributed by atoms with Crippen molar-refractivity contribution in [3.63, 3.8) is 0 Å².